The molecule has 1 aromatic heterocycles. The molecule has 0 aliphatic rings. The number of halogens is 4. The van der Waals surface area contributed by atoms with E-state index in [2.05, 4.69) is 10.2 Å². The van der Waals surface area contributed by atoms with Crippen molar-refractivity contribution in [3.8, 4) is 0 Å². The lowest BCUT2D eigenvalue weighted by Crippen LogP contribution is -2.19. The van der Waals surface area contributed by atoms with Gasteiger partial charge in [-0.05, 0) is 18.6 Å². The van der Waals surface area contributed by atoms with Crippen LogP contribution in [0.15, 0.2) is 12.1 Å². The third kappa shape index (κ3) is 6.01. The molecule has 0 aliphatic carbocycles. The van der Waals surface area contributed by atoms with Gasteiger partial charge in [-0.25, -0.2) is 8.42 Å². The molecule has 5 nitrogen and oxygen atoms in total. The van der Waals surface area contributed by atoms with Crippen LogP contribution in [0.25, 0.3) is 0 Å². The van der Waals surface area contributed by atoms with Crippen LogP contribution >= 0.6 is 11.6 Å². The largest absolute Gasteiger partial charge is 0.389 e. The molecule has 0 saturated heterocycles. The Morgan fingerprint density at radius 3 is 2.44 bits per heavy atom. The average Bonchev–Trinajstić information content (AvgIpc) is 2.18. The van der Waals surface area contributed by atoms with E-state index in [0.717, 1.165) is 0 Å². The molecule has 0 aliphatic heterocycles. The van der Waals surface area contributed by atoms with E-state index >= 15 is 0 Å². The number of alkyl halides is 3. The van der Waals surface area contributed by atoms with E-state index in [9.17, 15) is 21.6 Å². The first-order chi connectivity index (χ1) is 8.18. The lowest BCUT2D eigenvalue weighted by Gasteiger charge is -2.08. The molecule has 1 aromatic rings. The van der Waals surface area contributed by atoms with Crippen LogP contribution < -0.4 is 4.72 Å². The van der Waals surface area contributed by atoms with Crippen LogP contribution in [0, 0.1) is 0 Å². The van der Waals surface area contributed by atoms with E-state index in [0.29, 0.717) is 0 Å². The first kappa shape index (κ1) is 15.0. The van der Waals surface area contributed by atoms with Gasteiger partial charge in [0.15, 0.2) is 11.0 Å². The molecule has 0 amide bonds. The van der Waals surface area contributed by atoms with Crippen LogP contribution in [0.1, 0.15) is 12.8 Å². The second kappa shape index (κ2) is 5.70. The highest BCUT2D eigenvalue weighted by molar-refractivity contribution is 7.92. The summed E-state index contributed by atoms with van der Waals surface area (Å²) in [5.41, 5.74) is 0. The average molecular weight is 304 g/mol. The summed E-state index contributed by atoms with van der Waals surface area (Å²) in [7, 11) is -3.87. The minimum absolute atomic E-state index is 0.0787. The normalized spacial score (nSPS) is 12.4. The molecule has 0 spiro atoms. The Morgan fingerprint density at radius 2 is 1.94 bits per heavy atom. The Kier molecular flexibility index (Phi) is 4.74. The van der Waals surface area contributed by atoms with Gasteiger partial charge < -0.3 is 0 Å². The minimum Gasteiger partial charge on any atom is -0.266 e. The van der Waals surface area contributed by atoms with Crippen molar-refractivity contribution in [3.63, 3.8) is 0 Å². The quantitative estimate of drug-likeness (QED) is 0.905. The first-order valence-electron chi connectivity index (χ1n) is 4.74. The molecule has 1 heterocycles. The van der Waals surface area contributed by atoms with Gasteiger partial charge in [0.05, 0.1) is 5.75 Å². The SMILES string of the molecule is O=S(=O)(CCCC(F)(F)F)Nc1ccc(Cl)nn1. The number of anilines is 1. The third-order valence-electron chi connectivity index (χ3n) is 1.77. The Bertz CT molecular complexity index is 489. The van der Waals surface area contributed by atoms with Gasteiger partial charge in [-0.15, -0.1) is 10.2 Å². The zero-order valence-corrected chi connectivity index (χ0v) is 10.5. The Balaban J connectivity index is 2.52. The van der Waals surface area contributed by atoms with Crippen molar-refractivity contribution in [1.82, 2.24) is 10.2 Å². The number of hydrogen-bond acceptors (Lipinski definition) is 4. The molecule has 0 saturated carbocycles. The van der Waals surface area contributed by atoms with Gasteiger partial charge in [0.2, 0.25) is 10.0 Å². The topological polar surface area (TPSA) is 72.0 Å². The summed E-state index contributed by atoms with van der Waals surface area (Å²) < 4.78 is 60.3. The predicted octanol–water partition coefficient (Wildman–Crippen LogP) is 2.21. The molecule has 18 heavy (non-hydrogen) atoms. The molecule has 1 rings (SSSR count). The Labute approximate surface area is 106 Å². The summed E-state index contributed by atoms with van der Waals surface area (Å²) >= 11 is 5.44. The third-order valence-corrected chi connectivity index (χ3v) is 3.31. The summed E-state index contributed by atoms with van der Waals surface area (Å²) in [5.74, 6) is -0.733. The molecule has 1 N–H and O–H groups in total. The Morgan fingerprint density at radius 1 is 1.28 bits per heavy atom. The maximum Gasteiger partial charge on any atom is 0.389 e. The lowest BCUT2D eigenvalue weighted by molar-refractivity contribution is -0.134. The summed E-state index contributed by atoms with van der Waals surface area (Å²) in [6.07, 6.45) is -6.03. The minimum atomic E-state index is -4.37. The maximum atomic E-state index is 11.8. The fourth-order valence-electron chi connectivity index (χ4n) is 1.04. The van der Waals surface area contributed by atoms with Crippen LogP contribution in [0.3, 0.4) is 0 Å². The molecule has 102 valence electrons. The molecule has 0 unspecified atom stereocenters. The van der Waals surface area contributed by atoms with E-state index in [1.54, 1.807) is 0 Å². The number of nitrogens with zero attached hydrogens (tertiary/aromatic N) is 2. The monoisotopic (exact) mass is 303 g/mol. The lowest BCUT2D eigenvalue weighted by atomic mass is 10.3. The van der Waals surface area contributed by atoms with Crippen LogP contribution in [0.2, 0.25) is 5.15 Å². The summed E-state index contributed by atoms with van der Waals surface area (Å²) in [6, 6.07) is 2.57. The van der Waals surface area contributed by atoms with Crippen LogP contribution in [0.4, 0.5) is 19.0 Å². The number of rotatable bonds is 5. The van der Waals surface area contributed by atoms with Gasteiger partial charge in [0, 0.05) is 6.42 Å². The predicted molar refractivity (Wildman–Crippen MR) is 59.7 cm³/mol. The molecule has 0 fully saturated rings. The van der Waals surface area contributed by atoms with Crippen molar-refractivity contribution < 1.29 is 21.6 Å². The molecule has 0 atom stereocenters. The summed E-state index contributed by atoms with van der Waals surface area (Å²) in [6.45, 7) is 0. The number of hydrogen-bond donors (Lipinski definition) is 1. The van der Waals surface area contributed by atoms with Crippen LogP contribution in [-0.2, 0) is 10.0 Å². The fraction of sp³-hybridized carbons (Fsp3) is 0.500. The first-order valence-corrected chi connectivity index (χ1v) is 6.77. The van der Waals surface area contributed by atoms with E-state index < -0.39 is 34.8 Å². The number of sulfonamides is 1. The second-order valence-corrected chi connectivity index (χ2v) is 5.61. The van der Waals surface area contributed by atoms with Gasteiger partial charge in [0.25, 0.3) is 0 Å². The highest BCUT2D eigenvalue weighted by atomic mass is 35.5. The van der Waals surface area contributed by atoms with Crippen LogP contribution in [0.5, 0.6) is 0 Å². The number of aromatic nitrogens is 2. The number of nitrogens with one attached hydrogen (secondary N) is 1. The fourth-order valence-corrected chi connectivity index (χ4v) is 2.20. The zero-order valence-electron chi connectivity index (χ0n) is 8.91. The van der Waals surface area contributed by atoms with Gasteiger partial charge in [-0.2, -0.15) is 13.2 Å². The summed E-state index contributed by atoms with van der Waals surface area (Å²) in [5, 5.41) is 6.90. The van der Waals surface area contributed by atoms with Crippen LogP contribution in [-0.4, -0.2) is 30.5 Å². The van der Waals surface area contributed by atoms with Crippen molar-refractivity contribution >= 4 is 27.4 Å². The van der Waals surface area contributed by atoms with Crippen molar-refractivity contribution in [3.05, 3.63) is 17.3 Å². The molecular weight excluding hydrogens is 295 g/mol. The van der Waals surface area contributed by atoms with Gasteiger partial charge in [0.1, 0.15) is 0 Å². The Hall–Kier alpha value is -1.09. The molecule has 0 radical (unpaired) electrons. The molecular formula is C8H9ClF3N3O2S. The van der Waals surface area contributed by atoms with Crippen molar-refractivity contribution in [2.75, 3.05) is 10.5 Å². The van der Waals surface area contributed by atoms with E-state index in [4.69, 9.17) is 11.6 Å². The maximum absolute atomic E-state index is 11.8. The van der Waals surface area contributed by atoms with Crippen molar-refractivity contribution in [1.29, 1.82) is 0 Å². The van der Waals surface area contributed by atoms with E-state index in [1.165, 1.54) is 12.1 Å². The smallest absolute Gasteiger partial charge is 0.266 e. The highest BCUT2D eigenvalue weighted by Crippen LogP contribution is 2.21. The van der Waals surface area contributed by atoms with Gasteiger partial charge in [-0.1, -0.05) is 11.6 Å². The summed E-state index contributed by atoms with van der Waals surface area (Å²) in [4.78, 5) is 0. The van der Waals surface area contributed by atoms with Crippen molar-refractivity contribution in [2.45, 2.75) is 19.0 Å². The highest BCUT2D eigenvalue weighted by Gasteiger charge is 2.27. The van der Waals surface area contributed by atoms with E-state index in [-0.39, 0.29) is 11.0 Å². The zero-order chi connectivity index (χ0) is 13.8. The molecule has 0 bridgehead atoms. The molecule has 10 heteroatoms. The van der Waals surface area contributed by atoms with E-state index in [1.807, 2.05) is 4.72 Å². The molecule has 0 aromatic carbocycles. The standard InChI is InChI=1S/C8H9ClF3N3O2S/c9-6-2-3-7(14-13-6)15-18(16,17)5-1-4-8(10,11)12/h2-3H,1,4-5H2,(H,14,15). The van der Waals surface area contributed by atoms with Gasteiger partial charge in [-0.3, -0.25) is 4.72 Å². The second-order valence-electron chi connectivity index (χ2n) is 3.38. The van der Waals surface area contributed by atoms with Gasteiger partial charge >= 0.3 is 6.18 Å². The van der Waals surface area contributed by atoms with Crippen molar-refractivity contribution in [2.24, 2.45) is 0 Å².